The molecule has 4 heteroatoms. The van der Waals surface area contributed by atoms with Crippen LogP contribution in [0.4, 0.5) is 0 Å². The van der Waals surface area contributed by atoms with Gasteiger partial charge >= 0.3 is 5.97 Å². The molecule has 1 N–H and O–H groups in total. The van der Waals surface area contributed by atoms with Crippen LogP contribution in [0.3, 0.4) is 0 Å². The first-order chi connectivity index (χ1) is 10.1. The SMILES string of the molecule is CCC1CCCC(OCc2cc(C(=O)O)ccc2OC)C1. The molecule has 2 atom stereocenters. The van der Waals surface area contributed by atoms with Gasteiger partial charge in [0.25, 0.3) is 0 Å². The third-order valence-electron chi connectivity index (χ3n) is 4.31. The number of hydrogen-bond donors (Lipinski definition) is 1. The second-order valence-corrected chi connectivity index (χ2v) is 5.71. The lowest BCUT2D eigenvalue weighted by molar-refractivity contribution is 0.00105. The van der Waals surface area contributed by atoms with Crippen LogP contribution in [0, 0.1) is 5.92 Å². The molecule has 116 valence electrons. The van der Waals surface area contributed by atoms with E-state index in [1.54, 1.807) is 25.3 Å². The molecule has 0 aromatic heterocycles. The second-order valence-electron chi connectivity index (χ2n) is 5.71. The normalized spacial score (nSPS) is 22.0. The largest absolute Gasteiger partial charge is 0.496 e. The monoisotopic (exact) mass is 292 g/mol. The molecule has 0 saturated heterocycles. The second kappa shape index (κ2) is 7.46. The summed E-state index contributed by atoms with van der Waals surface area (Å²) in [4.78, 5) is 11.1. The summed E-state index contributed by atoms with van der Waals surface area (Å²) in [5.74, 6) is 0.515. The Hall–Kier alpha value is -1.55. The molecule has 0 spiro atoms. The average molecular weight is 292 g/mol. The van der Waals surface area contributed by atoms with Crippen molar-refractivity contribution in [3.05, 3.63) is 29.3 Å². The maximum atomic E-state index is 11.1. The van der Waals surface area contributed by atoms with Crippen LogP contribution in [0.1, 0.15) is 54.9 Å². The van der Waals surface area contributed by atoms with Crippen LogP contribution < -0.4 is 4.74 Å². The van der Waals surface area contributed by atoms with Crippen LogP contribution in [-0.4, -0.2) is 24.3 Å². The third-order valence-corrected chi connectivity index (χ3v) is 4.31. The van der Waals surface area contributed by atoms with Gasteiger partial charge in [-0.25, -0.2) is 4.79 Å². The van der Waals surface area contributed by atoms with Gasteiger partial charge < -0.3 is 14.6 Å². The molecule has 2 rings (SSSR count). The first-order valence-electron chi connectivity index (χ1n) is 7.65. The Morgan fingerprint density at radius 1 is 1.38 bits per heavy atom. The molecule has 1 saturated carbocycles. The van der Waals surface area contributed by atoms with E-state index in [0.29, 0.717) is 12.4 Å². The average Bonchev–Trinajstić information content (AvgIpc) is 2.52. The first kappa shape index (κ1) is 15.8. The van der Waals surface area contributed by atoms with Gasteiger partial charge in [0, 0.05) is 5.56 Å². The molecule has 1 fully saturated rings. The van der Waals surface area contributed by atoms with Crippen molar-refractivity contribution in [2.45, 2.75) is 51.7 Å². The van der Waals surface area contributed by atoms with Gasteiger partial charge in [0.1, 0.15) is 5.75 Å². The molecular formula is C17H24O4. The summed E-state index contributed by atoms with van der Waals surface area (Å²) in [6, 6.07) is 4.89. The highest BCUT2D eigenvalue weighted by Crippen LogP contribution is 2.30. The molecule has 21 heavy (non-hydrogen) atoms. The van der Waals surface area contributed by atoms with Crippen LogP contribution in [0.5, 0.6) is 5.75 Å². The Kier molecular flexibility index (Phi) is 5.62. The summed E-state index contributed by atoms with van der Waals surface area (Å²) in [6.07, 6.45) is 6.21. The highest BCUT2D eigenvalue weighted by Gasteiger charge is 2.21. The van der Waals surface area contributed by atoms with Gasteiger partial charge in [0.2, 0.25) is 0 Å². The smallest absolute Gasteiger partial charge is 0.335 e. The predicted octanol–water partition coefficient (Wildman–Crippen LogP) is 3.88. The van der Waals surface area contributed by atoms with Crippen molar-refractivity contribution in [1.82, 2.24) is 0 Å². The molecule has 1 aliphatic rings. The Labute approximate surface area is 126 Å². The summed E-state index contributed by atoms with van der Waals surface area (Å²) in [5, 5.41) is 9.07. The molecular weight excluding hydrogens is 268 g/mol. The van der Waals surface area contributed by atoms with Gasteiger partial charge in [-0.1, -0.05) is 26.2 Å². The van der Waals surface area contributed by atoms with E-state index in [1.807, 2.05) is 0 Å². The van der Waals surface area contributed by atoms with Gasteiger partial charge in [-0.3, -0.25) is 0 Å². The zero-order valence-corrected chi connectivity index (χ0v) is 12.8. The number of carboxylic acids is 1. The minimum Gasteiger partial charge on any atom is -0.496 e. The van der Waals surface area contributed by atoms with Crippen molar-refractivity contribution < 1.29 is 19.4 Å². The maximum Gasteiger partial charge on any atom is 0.335 e. The number of benzene rings is 1. The van der Waals surface area contributed by atoms with Crippen LogP contribution in [0.2, 0.25) is 0 Å². The minimum absolute atomic E-state index is 0.268. The number of carbonyl (C=O) groups is 1. The summed E-state index contributed by atoms with van der Waals surface area (Å²) in [6.45, 7) is 2.64. The maximum absolute atomic E-state index is 11.1. The van der Waals surface area contributed by atoms with Crippen molar-refractivity contribution in [2.24, 2.45) is 5.92 Å². The molecule has 0 heterocycles. The summed E-state index contributed by atoms with van der Waals surface area (Å²) in [5.41, 5.74) is 1.07. The van der Waals surface area contributed by atoms with Crippen molar-refractivity contribution in [3.8, 4) is 5.75 Å². The summed E-state index contributed by atoms with van der Waals surface area (Å²) >= 11 is 0. The van der Waals surface area contributed by atoms with Crippen molar-refractivity contribution in [1.29, 1.82) is 0 Å². The standard InChI is InChI=1S/C17H24O4/c1-3-12-5-4-6-15(9-12)21-11-14-10-13(17(18)19)7-8-16(14)20-2/h7-8,10,12,15H,3-6,9,11H2,1-2H3,(H,18,19). The fourth-order valence-electron chi connectivity index (χ4n) is 3.00. The molecule has 0 bridgehead atoms. The Morgan fingerprint density at radius 3 is 2.86 bits per heavy atom. The summed E-state index contributed by atoms with van der Waals surface area (Å²) < 4.78 is 11.3. The molecule has 1 aliphatic carbocycles. The lowest BCUT2D eigenvalue weighted by atomic mass is 9.85. The number of aromatic carboxylic acids is 1. The predicted molar refractivity (Wildman–Crippen MR) is 80.8 cm³/mol. The Morgan fingerprint density at radius 2 is 2.19 bits per heavy atom. The lowest BCUT2D eigenvalue weighted by Gasteiger charge is -2.28. The van der Waals surface area contributed by atoms with E-state index < -0.39 is 5.97 Å². The van der Waals surface area contributed by atoms with Gasteiger partial charge in [-0.2, -0.15) is 0 Å². The molecule has 2 unspecified atom stereocenters. The van der Waals surface area contributed by atoms with E-state index in [4.69, 9.17) is 14.6 Å². The van der Waals surface area contributed by atoms with E-state index in [1.165, 1.54) is 19.3 Å². The number of methoxy groups -OCH3 is 1. The van der Waals surface area contributed by atoms with E-state index in [9.17, 15) is 4.79 Å². The van der Waals surface area contributed by atoms with Crippen LogP contribution >= 0.6 is 0 Å². The van der Waals surface area contributed by atoms with E-state index in [2.05, 4.69) is 6.92 Å². The number of hydrogen-bond acceptors (Lipinski definition) is 3. The fraction of sp³-hybridized carbons (Fsp3) is 0.588. The van der Waals surface area contributed by atoms with Crippen LogP contribution in [0.15, 0.2) is 18.2 Å². The van der Waals surface area contributed by atoms with Gasteiger partial charge in [-0.05, 0) is 37.0 Å². The zero-order chi connectivity index (χ0) is 15.2. The quantitative estimate of drug-likeness (QED) is 0.864. The van der Waals surface area contributed by atoms with Crippen LogP contribution in [0.25, 0.3) is 0 Å². The Balaban J connectivity index is 2.01. The van der Waals surface area contributed by atoms with E-state index >= 15 is 0 Å². The molecule has 0 amide bonds. The topological polar surface area (TPSA) is 55.8 Å². The highest BCUT2D eigenvalue weighted by atomic mass is 16.5. The first-order valence-corrected chi connectivity index (χ1v) is 7.65. The molecule has 0 aliphatic heterocycles. The number of ether oxygens (including phenoxy) is 2. The van der Waals surface area contributed by atoms with E-state index in [0.717, 1.165) is 24.3 Å². The van der Waals surface area contributed by atoms with Crippen LogP contribution in [-0.2, 0) is 11.3 Å². The van der Waals surface area contributed by atoms with E-state index in [-0.39, 0.29) is 11.7 Å². The third kappa shape index (κ3) is 4.21. The van der Waals surface area contributed by atoms with Crippen molar-refractivity contribution in [3.63, 3.8) is 0 Å². The number of carboxylic acid groups (broad SMARTS) is 1. The Bertz CT molecular complexity index is 484. The highest BCUT2D eigenvalue weighted by molar-refractivity contribution is 5.88. The molecule has 1 aromatic rings. The van der Waals surface area contributed by atoms with Crippen molar-refractivity contribution >= 4 is 5.97 Å². The summed E-state index contributed by atoms with van der Waals surface area (Å²) in [7, 11) is 1.59. The van der Waals surface area contributed by atoms with Crippen molar-refractivity contribution in [2.75, 3.05) is 7.11 Å². The number of rotatable bonds is 6. The lowest BCUT2D eigenvalue weighted by Crippen LogP contribution is -2.22. The molecule has 0 radical (unpaired) electrons. The van der Waals surface area contributed by atoms with Gasteiger partial charge in [0.05, 0.1) is 25.4 Å². The fourth-order valence-corrected chi connectivity index (χ4v) is 3.00. The van der Waals surface area contributed by atoms with Gasteiger partial charge in [-0.15, -0.1) is 0 Å². The van der Waals surface area contributed by atoms with Gasteiger partial charge in [0.15, 0.2) is 0 Å². The molecule has 1 aromatic carbocycles. The molecule has 4 nitrogen and oxygen atoms in total. The minimum atomic E-state index is -0.928. The zero-order valence-electron chi connectivity index (χ0n) is 12.8.